The third-order valence-electron chi connectivity index (χ3n) is 4.45. The Morgan fingerprint density at radius 1 is 1.43 bits per heavy atom. The first kappa shape index (κ1) is 13.1. The van der Waals surface area contributed by atoms with Crippen LogP contribution in [0.3, 0.4) is 0 Å². The van der Waals surface area contributed by atoms with Gasteiger partial charge in [0, 0.05) is 31.4 Å². The Kier molecular flexibility index (Phi) is 3.10. The monoisotopic (exact) mass is 287 g/mol. The Labute approximate surface area is 124 Å². The van der Waals surface area contributed by atoms with Crippen molar-refractivity contribution in [3.05, 3.63) is 29.8 Å². The van der Waals surface area contributed by atoms with Crippen molar-refractivity contribution in [3.63, 3.8) is 0 Å². The van der Waals surface area contributed by atoms with Crippen molar-refractivity contribution in [1.82, 2.24) is 14.7 Å². The molecule has 1 aliphatic carbocycles. The highest BCUT2D eigenvalue weighted by molar-refractivity contribution is 5.53. The molecule has 0 amide bonds. The predicted molar refractivity (Wildman–Crippen MR) is 80.1 cm³/mol. The molecule has 1 N–H and O–H groups in total. The molecule has 0 unspecified atom stereocenters. The van der Waals surface area contributed by atoms with Gasteiger partial charge in [-0.05, 0) is 44.7 Å². The van der Waals surface area contributed by atoms with E-state index in [1.807, 2.05) is 17.5 Å². The van der Waals surface area contributed by atoms with Crippen LogP contribution in [0.15, 0.2) is 12.3 Å². The van der Waals surface area contributed by atoms with Crippen LogP contribution in [-0.4, -0.2) is 35.1 Å². The number of hydrogen-bond donors (Lipinski definition) is 1. The van der Waals surface area contributed by atoms with Gasteiger partial charge in [-0.2, -0.15) is 0 Å². The van der Waals surface area contributed by atoms with Gasteiger partial charge >= 0.3 is 0 Å². The standard InChI is InChI=1S/C16H20FN4/c1-11-9-21-15(5-4-14(17)16(21)19-11)20-7-6-12(10-20)8-18-13-2-3-13/h4,9,12-13,18H,2-3,6-8,10H2,1H3/t12-/m1/s1. The van der Waals surface area contributed by atoms with Crippen LogP contribution in [0.1, 0.15) is 25.0 Å². The molecule has 2 fully saturated rings. The number of aromatic nitrogens is 2. The Morgan fingerprint density at radius 2 is 2.29 bits per heavy atom. The second-order valence-corrected chi connectivity index (χ2v) is 6.32. The molecule has 1 atom stereocenters. The number of aryl methyl sites for hydroxylation is 1. The van der Waals surface area contributed by atoms with E-state index >= 15 is 0 Å². The van der Waals surface area contributed by atoms with E-state index in [-0.39, 0.29) is 5.82 Å². The van der Waals surface area contributed by atoms with Gasteiger partial charge in [0.05, 0.1) is 5.69 Å². The zero-order chi connectivity index (χ0) is 14.4. The van der Waals surface area contributed by atoms with E-state index in [9.17, 15) is 4.39 Å². The van der Waals surface area contributed by atoms with Crippen LogP contribution in [0, 0.1) is 24.7 Å². The summed E-state index contributed by atoms with van der Waals surface area (Å²) in [7, 11) is 0. The molecule has 0 aromatic carbocycles. The summed E-state index contributed by atoms with van der Waals surface area (Å²) in [5, 5.41) is 3.60. The van der Waals surface area contributed by atoms with Crippen molar-refractivity contribution < 1.29 is 4.39 Å². The highest BCUT2D eigenvalue weighted by Crippen LogP contribution is 2.26. The number of imidazole rings is 1. The van der Waals surface area contributed by atoms with Crippen LogP contribution in [0.25, 0.3) is 5.65 Å². The van der Waals surface area contributed by atoms with E-state index < -0.39 is 0 Å². The fraction of sp³-hybridized carbons (Fsp3) is 0.562. The van der Waals surface area contributed by atoms with E-state index in [0.29, 0.717) is 11.6 Å². The number of hydrogen-bond acceptors (Lipinski definition) is 3. The fourth-order valence-electron chi connectivity index (χ4n) is 3.15. The molecule has 1 aliphatic heterocycles. The zero-order valence-electron chi connectivity index (χ0n) is 12.3. The number of rotatable bonds is 4. The van der Waals surface area contributed by atoms with E-state index in [0.717, 1.165) is 37.2 Å². The van der Waals surface area contributed by atoms with Gasteiger partial charge in [-0.25, -0.2) is 9.37 Å². The maximum atomic E-state index is 13.8. The van der Waals surface area contributed by atoms with Gasteiger partial charge < -0.3 is 10.2 Å². The van der Waals surface area contributed by atoms with Crippen molar-refractivity contribution in [3.8, 4) is 0 Å². The first-order valence-electron chi connectivity index (χ1n) is 7.75. The molecule has 3 heterocycles. The molecular formula is C16H20FN4. The summed E-state index contributed by atoms with van der Waals surface area (Å²) in [6.45, 7) is 5.00. The van der Waals surface area contributed by atoms with Crippen molar-refractivity contribution in [1.29, 1.82) is 0 Å². The van der Waals surface area contributed by atoms with Gasteiger partial charge in [-0.3, -0.25) is 4.40 Å². The molecule has 4 rings (SSSR count). The topological polar surface area (TPSA) is 32.6 Å². The van der Waals surface area contributed by atoms with Crippen molar-refractivity contribution in [2.75, 3.05) is 24.5 Å². The lowest BCUT2D eigenvalue weighted by atomic mass is 10.1. The first-order valence-corrected chi connectivity index (χ1v) is 7.75. The lowest BCUT2D eigenvalue weighted by Gasteiger charge is -2.20. The molecule has 0 bridgehead atoms. The number of halogens is 1. The molecule has 2 aromatic heterocycles. The third-order valence-corrected chi connectivity index (χ3v) is 4.45. The van der Waals surface area contributed by atoms with Crippen LogP contribution in [-0.2, 0) is 0 Å². The minimum atomic E-state index is -0.307. The minimum Gasteiger partial charge on any atom is -0.357 e. The number of anilines is 1. The number of fused-ring (bicyclic) bond motifs is 1. The summed E-state index contributed by atoms with van der Waals surface area (Å²) in [6, 6.07) is 5.26. The van der Waals surface area contributed by atoms with E-state index in [1.54, 1.807) is 0 Å². The smallest absolute Gasteiger partial charge is 0.175 e. The third kappa shape index (κ3) is 2.50. The van der Waals surface area contributed by atoms with Gasteiger partial charge in [0.2, 0.25) is 0 Å². The summed E-state index contributed by atoms with van der Waals surface area (Å²) in [6.07, 6.45) is 5.73. The van der Waals surface area contributed by atoms with E-state index in [1.165, 1.54) is 25.3 Å². The maximum absolute atomic E-state index is 13.8. The second kappa shape index (κ2) is 4.98. The maximum Gasteiger partial charge on any atom is 0.175 e. The molecule has 21 heavy (non-hydrogen) atoms. The van der Waals surface area contributed by atoms with Crippen LogP contribution >= 0.6 is 0 Å². The average molecular weight is 287 g/mol. The molecule has 1 radical (unpaired) electrons. The lowest BCUT2D eigenvalue weighted by Crippen LogP contribution is -2.28. The van der Waals surface area contributed by atoms with Crippen LogP contribution < -0.4 is 10.2 Å². The van der Waals surface area contributed by atoms with Crippen molar-refractivity contribution in [2.24, 2.45) is 5.92 Å². The Balaban J connectivity index is 1.54. The van der Waals surface area contributed by atoms with Crippen molar-refractivity contribution >= 4 is 11.5 Å². The Morgan fingerprint density at radius 3 is 3.10 bits per heavy atom. The van der Waals surface area contributed by atoms with Gasteiger partial charge in [0.25, 0.3) is 0 Å². The van der Waals surface area contributed by atoms with Crippen LogP contribution in [0.4, 0.5) is 10.2 Å². The highest BCUT2D eigenvalue weighted by atomic mass is 19.1. The van der Waals surface area contributed by atoms with Gasteiger partial charge in [0.1, 0.15) is 5.82 Å². The van der Waals surface area contributed by atoms with Crippen LogP contribution in [0.2, 0.25) is 0 Å². The Bertz CT molecular complexity index is 662. The normalized spacial score (nSPS) is 22.4. The summed E-state index contributed by atoms with van der Waals surface area (Å²) in [5.74, 6) is 1.29. The highest BCUT2D eigenvalue weighted by Gasteiger charge is 2.27. The number of nitrogens with one attached hydrogen (secondary N) is 1. The molecule has 1 saturated carbocycles. The summed E-state index contributed by atoms with van der Waals surface area (Å²) in [5.41, 5.74) is 1.24. The number of pyridine rings is 1. The summed E-state index contributed by atoms with van der Waals surface area (Å²) in [4.78, 5) is 6.56. The second-order valence-electron chi connectivity index (χ2n) is 6.32. The molecule has 2 aliphatic rings. The lowest BCUT2D eigenvalue weighted by molar-refractivity contribution is 0.514. The van der Waals surface area contributed by atoms with Gasteiger partial charge in [-0.15, -0.1) is 0 Å². The molecule has 0 spiro atoms. The molecule has 2 aromatic rings. The number of nitrogens with zero attached hydrogens (tertiary/aromatic N) is 3. The minimum absolute atomic E-state index is 0.307. The quantitative estimate of drug-likeness (QED) is 0.935. The predicted octanol–water partition coefficient (Wildman–Crippen LogP) is 2.16. The molecule has 5 heteroatoms. The Hall–Kier alpha value is -1.62. The largest absolute Gasteiger partial charge is 0.357 e. The molecule has 4 nitrogen and oxygen atoms in total. The first-order chi connectivity index (χ1) is 10.2. The van der Waals surface area contributed by atoms with Gasteiger partial charge in [0.15, 0.2) is 11.5 Å². The average Bonchev–Trinajstić information content (AvgIpc) is 3.03. The fourth-order valence-corrected chi connectivity index (χ4v) is 3.15. The summed E-state index contributed by atoms with van der Waals surface area (Å²) >= 11 is 0. The zero-order valence-corrected chi connectivity index (χ0v) is 12.3. The van der Waals surface area contributed by atoms with E-state index in [2.05, 4.69) is 21.3 Å². The van der Waals surface area contributed by atoms with Gasteiger partial charge in [-0.1, -0.05) is 0 Å². The van der Waals surface area contributed by atoms with Crippen LogP contribution in [0.5, 0.6) is 0 Å². The molecule has 1 saturated heterocycles. The molecule has 111 valence electrons. The molecular weight excluding hydrogens is 267 g/mol. The van der Waals surface area contributed by atoms with Crippen molar-refractivity contribution in [2.45, 2.75) is 32.2 Å². The SMILES string of the molecule is Cc1cn2c(N3CC[C@H](CNC4CC4)C3)[c]cc(F)c2n1. The summed E-state index contributed by atoms with van der Waals surface area (Å²) < 4.78 is 15.7. The van der Waals surface area contributed by atoms with E-state index in [4.69, 9.17) is 0 Å².